The van der Waals surface area contributed by atoms with Crippen molar-refractivity contribution >= 4 is 17.3 Å². The Bertz CT molecular complexity index is 464. The normalized spacial score (nSPS) is 16.2. The lowest BCUT2D eigenvalue weighted by molar-refractivity contribution is 0.0827. The minimum atomic E-state index is -0.0256. The van der Waals surface area contributed by atoms with Crippen molar-refractivity contribution in [3.05, 3.63) is 23.8 Å². The van der Waals surface area contributed by atoms with Gasteiger partial charge in [-0.05, 0) is 36.5 Å². The minimum Gasteiger partial charge on any atom is -0.397 e. The van der Waals surface area contributed by atoms with Crippen LogP contribution in [0.4, 0.5) is 11.4 Å². The molecule has 0 spiro atoms. The summed E-state index contributed by atoms with van der Waals surface area (Å²) in [6, 6.07) is 5.44. The summed E-state index contributed by atoms with van der Waals surface area (Å²) in [7, 11) is 3.47. The molecule has 0 atom stereocenters. The van der Waals surface area contributed by atoms with Crippen LogP contribution >= 0.6 is 0 Å². The molecular formula is C14H21N3O. The molecule has 3 N–H and O–H groups in total. The van der Waals surface area contributed by atoms with Crippen molar-refractivity contribution < 1.29 is 4.79 Å². The Morgan fingerprint density at radius 3 is 2.61 bits per heavy atom. The van der Waals surface area contributed by atoms with E-state index in [0.29, 0.717) is 16.7 Å². The van der Waals surface area contributed by atoms with Crippen LogP contribution in [0.2, 0.25) is 0 Å². The number of anilines is 2. The van der Waals surface area contributed by atoms with Gasteiger partial charge < -0.3 is 16.0 Å². The van der Waals surface area contributed by atoms with Gasteiger partial charge in [-0.25, -0.2) is 0 Å². The Balaban J connectivity index is 2.07. The number of rotatable bonds is 4. The molecule has 0 bridgehead atoms. The Morgan fingerprint density at radius 2 is 2.11 bits per heavy atom. The molecule has 1 aromatic carbocycles. The van der Waals surface area contributed by atoms with E-state index in [0.717, 1.165) is 12.2 Å². The van der Waals surface area contributed by atoms with Gasteiger partial charge in [-0.3, -0.25) is 4.79 Å². The predicted octanol–water partition coefficient (Wildman–Crippen LogP) is 2.18. The van der Waals surface area contributed by atoms with E-state index in [4.69, 9.17) is 5.73 Å². The summed E-state index contributed by atoms with van der Waals surface area (Å²) in [6.45, 7) is 3.21. The maximum atomic E-state index is 11.8. The largest absolute Gasteiger partial charge is 0.397 e. The number of carbonyl (C=O) groups is 1. The molecule has 98 valence electrons. The smallest absolute Gasteiger partial charge is 0.253 e. The first kappa shape index (κ1) is 12.7. The van der Waals surface area contributed by atoms with E-state index in [-0.39, 0.29) is 5.91 Å². The van der Waals surface area contributed by atoms with E-state index in [1.807, 2.05) is 12.1 Å². The molecule has 0 heterocycles. The zero-order valence-electron chi connectivity index (χ0n) is 11.3. The number of hydrogen-bond acceptors (Lipinski definition) is 3. The van der Waals surface area contributed by atoms with Crippen LogP contribution in [0.3, 0.4) is 0 Å². The lowest BCUT2D eigenvalue weighted by Gasteiger charge is -2.15. The van der Waals surface area contributed by atoms with Crippen LogP contribution in [0.25, 0.3) is 0 Å². The molecule has 1 saturated carbocycles. The number of nitrogens with one attached hydrogen (secondary N) is 1. The summed E-state index contributed by atoms with van der Waals surface area (Å²) in [5.74, 6) is -0.0256. The topological polar surface area (TPSA) is 58.4 Å². The molecule has 1 aliphatic rings. The quantitative estimate of drug-likeness (QED) is 0.802. The fourth-order valence-corrected chi connectivity index (χ4v) is 1.81. The van der Waals surface area contributed by atoms with Gasteiger partial charge in [0.25, 0.3) is 5.91 Å². The van der Waals surface area contributed by atoms with Gasteiger partial charge in [-0.2, -0.15) is 0 Å². The molecule has 4 nitrogen and oxygen atoms in total. The number of nitrogen functional groups attached to an aromatic ring is 1. The second kappa shape index (κ2) is 4.52. The highest BCUT2D eigenvalue weighted by atomic mass is 16.2. The highest BCUT2D eigenvalue weighted by Gasteiger charge is 2.36. The summed E-state index contributed by atoms with van der Waals surface area (Å²) in [6.07, 6.45) is 2.55. The Hall–Kier alpha value is -1.71. The Morgan fingerprint density at radius 1 is 1.44 bits per heavy atom. The molecule has 18 heavy (non-hydrogen) atoms. The van der Waals surface area contributed by atoms with Crippen LogP contribution in [-0.4, -0.2) is 31.4 Å². The van der Waals surface area contributed by atoms with E-state index in [9.17, 15) is 4.79 Å². The molecule has 1 amide bonds. The molecule has 0 saturated heterocycles. The lowest BCUT2D eigenvalue weighted by atomic mass is 10.1. The first-order valence-electron chi connectivity index (χ1n) is 6.26. The molecule has 0 radical (unpaired) electrons. The minimum absolute atomic E-state index is 0.0256. The lowest BCUT2D eigenvalue weighted by Crippen LogP contribution is -2.22. The van der Waals surface area contributed by atoms with Crippen LogP contribution in [0, 0.1) is 5.41 Å². The highest BCUT2D eigenvalue weighted by Crippen LogP contribution is 2.44. The summed E-state index contributed by atoms with van der Waals surface area (Å²) < 4.78 is 0. The third kappa shape index (κ3) is 2.75. The van der Waals surface area contributed by atoms with Crippen molar-refractivity contribution in [1.82, 2.24) is 4.90 Å². The molecule has 1 fully saturated rings. The van der Waals surface area contributed by atoms with Crippen molar-refractivity contribution in [2.45, 2.75) is 19.8 Å². The van der Waals surface area contributed by atoms with Crippen LogP contribution in [0.15, 0.2) is 18.2 Å². The zero-order chi connectivity index (χ0) is 13.3. The van der Waals surface area contributed by atoms with E-state index in [1.165, 1.54) is 12.8 Å². The average Bonchev–Trinajstić information content (AvgIpc) is 3.05. The number of hydrogen-bond donors (Lipinski definition) is 2. The molecule has 1 aliphatic carbocycles. The summed E-state index contributed by atoms with van der Waals surface area (Å²) in [4.78, 5) is 13.3. The first-order valence-corrected chi connectivity index (χ1v) is 6.26. The van der Waals surface area contributed by atoms with Gasteiger partial charge in [-0.15, -0.1) is 0 Å². The molecule has 2 rings (SSSR count). The van der Waals surface area contributed by atoms with Gasteiger partial charge in [0.05, 0.1) is 11.4 Å². The van der Waals surface area contributed by atoms with Crippen molar-refractivity contribution in [3.63, 3.8) is 0 Å². The van der Waals surface area contributed by atoms with Crippen molar-refractivity contribution in [2.24, 2.45) is 5.41 Å². The van der Waals surface area contributed by atoms with Gasteiger partial charge in [0.2, 0.25) is 0 Å². The maximum Gasteiger partial charge on any atom is 0.253 e. The van der Waals surface area contributed by atoms with Gasteiger partial charge in [-0.1, -0.05) is 6.92 Å². The maximum absolute atomic E-state index is 11.8. The molecule has 0 aliphatic heterocycles. The van der Waals surface area contributed by atoms with Crippen LogP contribution in [0.5, 0.6) is 0 Å². The molecular weight excluding hydrogens is 226 g/mol. The van der Waals surface area contributed by atoms with Gasteiger partial charge >= 0.3 is 0 Å². The van der Waals surface area contributed by atoms with Crippen LogP contribution in [-0.2, 0) is 0 Å². The third-order valence-electron chi connectivity index (χ3n) is 3.51. The first-order chi connectivity index (χ1) is 8.41. The van der Waals surface area contributed by atoms with Crippen LogP contribution < -0.4 is 11.1 Å². The highest BCUT2D eigenvalue weighted by molar-refractivity contribution is 5.95. The van der Waals surface area contributed by atoms with Gasteiger partial charge in [0, 0.05) is 26.2 Å². The summed E-state index contributed by atoms with van der Waals surface area (Å²) in [5, 5.41) is 3.36. The van der Waals surface area contributed by atoms with E-state index in [1.54, 1.807) is 25.1 Å². The Kier molecular flexibility index (Phi) is 3.20. The monoisotopic (exact) mass is 247 g/mol. The van der Waals surface area contributed by atoms with E-state index >= 15 is 0 Å². The standard InChI is InChI=1S/C14H21N3O/c1-14(6-7-14)9-16-12-5-4-10(8-11(12)15)13(18)17(2)3/h4-5,8,16H,6-7,9,15H2,1-3H3. The summed E-state index contributed by atoms with van der Waals surface area (Å²) >= 11 is 0. The second-order valence-corrected chi connectivity index (χ2v) is 5.67. The molecule has 4 heteroatoms. The molecule has 1 aromatic rings. The number of nitrogens with two attached hydrogens (primary N) is 1. The zero-order valence-corrected chi connectivity index (χ0v) is 11.3. The van der Waals surface area contributed by atoms with E-state index in [2.05, 4.69) is 12.2 Å². The fraction of sp³-hybridized carbons (Fsp3) is 0.500. The van der Waals surface area contributed by atoms with Crippen molar-refractivity contribution in [1.29, 1.82) is 0 Å². The van der Waals surface area contributed by atoms with Crippen molar-refractivity contribution in [3.8, 4) is 0 Å². The van der Waals surface area contributed by atoms with Crippen LogP contribution in [0.1, 0.15) is 30.1 Å². The Labute approximate surface area is 108 Å². The summed E-state index contributed by atoms with van der Waals surface area (Å²) in [5.41, 5.74) is 8.58. The second-order valence-electron chi connectivity index (χ2n) is 5.67. The molecule has 0 unspecified atom stereocenters. The number of nitrogens with zero attached hydrogens (tertiary/aromatic N) is 1. The van der Waals surface area contributed by atoms with E-state index < -0.39 is 0 Å². The predicted molar refractivity (Wildman–Crippen MR) is 74.7 cm³/mol. The van der Waals surface area contributed by atoms with Gasteiger partial charge in [0.15, 0.2) is 0 Å². The number of amides is 1. The third-order valence-corrected chi connectivity index (χ3v) is 3.51. The fourth-order valence-electron chi connectivity index (χ4n) is 1.81. The SMILES string of the molecule is CN(C)C(=O)c1ccc(NCC2(C)CC2)c(N)c1. The van der Waals surface area contributed by atoms with Crippen molar-refractivity contribution in [2.75, 3.05) is 31.7 Å². The molecule has 0 aromatic heterocycles. The average molecular weight is 247 g/mol. The van der Waals surface area contributed by atoms with Gasteiger partial charge in [0.1, 0.15) is 0 Å². The number of benzene rings is 1. The number of carbonyl (C=O) groups excluding carboxylic acids is 1.